The Morgan fingerprint density at radius 1 is 1.53 bits per heavy atom. The molecule has 0 radical (unpaired) electrons. The minimum absolute atomic E-state index is 0.124. The van der Waals surface area contributed by atoms with Gasteiger partial charge >= 0.3 is 0 Å². The Kier molecular flexibility index (Phi) is 3.64. The Hall–Kier alpha value is -1.55. The van der Waals surface area contributed by atoms with Crippen LogP contribution in [0, 0.1) is 0 Å². The van der Waals surface area contributed by atoms with Crippen molar-refractivity contribution in [1.82, 2.24) is 4.90 Å². The quantitative estimate of drug-likeness (QED) is 0.778. The zero-order valence-corrected chi connectivity index (χ0v) is 10.1. The number of carbonyl (C=O) groups excluding carboxylic acids is 1. The van der Waals surface area contributed by atoms with E-state index in [0.717, 1.165) is 5.56 Å². The van der Waals surface area contributed by atoms with E-state index in [4.69, 9.17) is 10.5 Å². The molecule has 1 fully saturated rings. The normalized spacial score (nSPS) is 20.3. The van der Waals surface area contributed by atoms with Crippen LogP contribution < -0.4 is 5.73 Å². The van der Waals surface area contributed by atoms with Gasteiger partial charge in [-0.15, -0.1) is 0 Å². The highest BCUT2D eigenvalue weighted by Gasteiger charge is 2.23. The summed E-state index contributed by atoms with van der Waals surface area (Å²) in [4.78, 5) is 14.0. The molecule has 1 aliphatic rings. The van der Waals surface area contributed by atoms with Crippen molar-refractivity contribution in [3.63, 3.8) is 0 Å². The van der Waals surface area contributed by atoms with Crippen molar-refractivity contribution in [2.24, 2.45) is 0 Å². The van der Waals surface area contributed by atoms with Gasteiger partial charge in [-0.2, -0.15) is 0 Å². The molecule has 0 aromatic heterocycles. The van der Waals surface area contributed by atoms with Crippen molar-refractivity contribution in [2.75, 3.05) is 25.5 Å². The first-order chi connectivity index (χ1) is 8.18. The summed E-state index contributed by atoms with van der Waals surface area (Å²) in [6.07, 6.45) is 0.372. The average molecular weight is 234 g/mol. The minimum Gasteiger partial charge on any atom is -0.398 e. The van der Waals surface area contributed by atoms with Gasteiger partial charge in [-0.25, -0.2) is 0 Å². The van der Waals surface area contributed by atoms with E-state index in [2.05, 4.69) is 0 Å². The molecule has 0 aliphatic carbocycles. The monoisotopic (exact) mass is 234 g/mol. The van der Waals surface area contributed by atoms with Crippen LogP contribution in [0.5, 0.6) is 0 Å². The number of carbonyl (C=O) groups is 1. The summed E-state index contributed by atoms with van der Waals surface area (Å²) in [6.45, 7) is 3.93. The fourth-order valence-corrected chi connectivity index (χ4v) is 2.06. The number of nitrogen functional groups attached to an aromatic ring is 1. The molecule has 1 aliphatic heterocycles. The van der Waals surface area contributed by atoms with Gasteiger partial charge in [0.2, 0.25) is 5.91 Å². The number of nitrogens with zero attached hydrogens (tertiary/aromatic N) is 1. The lowest BCUT2D eigenvalue weighted by Gasteiger charge is -2.33. The summed E-state index contributed by atoms with van der Waals surface area (Å²) in [5.74, 6) is 0.124. The van der Waals surface area contributed by atoms with Crippen LogP contribution in [0.25, 0.3) is 0 Å². The fraction of sp³-hybridized carbons (Fsp3) is 0.462. The molecule has 17 heavy (non-hydrogen) atoms. The first-order valence-electron chi connectivity index (χ1n) is 5.89. The molecule has 0 saturated carbocycles. The van der Waals surface area contributed by atoms with Gasteiger partial charge in [0.15, 0.2) is 0 Å². The molecule has 1 aromatic rings. The van der Waals surface area contributed by atoms with Gasteiger partial charge in [-0.3, -0.25) is 4.79 Å². The highest BCUT2D eigenvalue weighted by atomic mass is 16.5. The van der Waals surface area contributed by atoms with Gasteiger partial charge in [-0.05, 0) is 18.6 Å². The smallest absolute Gasteiger partial charge is 0.227 e. The zero-order chi connectivity index (χ0) is 12.3. The number of hydrogen-bond acceptors (Lipinski definition) is 3. The number of para-hydroxylation sites is 1. The lowest BCUT2D eigenvalue weighted by molar-refractivity contribution is -0.138. The van der Waals surface area contributed by atoms with Crippen molar-refractivity contribution >= 4 is 11.6 Å². The van der Waals surface area contributed by atoms with Gasteiger partial charge in [-0.1, -0.05) is 18.2 Å². The van der Waals surface area contributed by atoms with Gasteiger partial charge in [0.1, 0.15) is 0 Å². The number of benzene rings is 1. The molecule has 2 rings (SSSR count). The van der Waals surface area contributed by atoms with Crippen LogP contribution in [0.15, 0.2) is 24.3 Å². The summed E-state index contributed by atoms with van der Waals surface area (Å²) < 4.78 is 5.32. The third kappa shape index (κ3) is 2.77. The molecular weight excluding hydrogens is 216 g/mol. The molecule has 1 heterocycles. The van der Waals surface area contributed by atoms with Crippen molar-refractivity contribution < 1.29 is 9.53 Å². The van der Waals surface area contributed by atoms with Crippen LogP contribution >= 0.6 is 0 Å². The van der Waals surface area contributed by atoms with E-state index >= 15 is 0 Å². The van der Waals surface area contributed by atoms with Gasteiger partial charge in [0, 0.05) is 12.2 Å². The van der Waals surface area contributed by atoms with E-state index in [0.29, 0.717) is 31.9 Å². The molecule has 0 spiro atoms. The summed E-state index contributed by atoms with van der Waals surface area (Å²) in [6, 6.07) is 7.66. The first-order valence-corrected chi connectivity index (χ1v) is 5.89. The van der Waals surface area contributed by atoms with Crippen LogP contribution in [0.3, 0.4) is 0 Å². The van der Waals surface area contributed by atoms with Gasteiger partial charge in [0.05, 0.1) is 25.7 Å². The number of nitrogens with two attached hydrogens (primary N) is 1. The third-order valence-electron chi connectivity index (χ3n) is 3.08. The molecule has 4 heteroatoms. The Labute approximate surface area is 101 Å². The van der Waals surface area contributed by atoms with Crippen LogP contribution in [0.4, 0.5) is 5.69 Å². The molecule has 1 saturated heterocycles. The van der Waals surface area contributed by atoms with E-state index < -0.39 is 0 Å². The maximum Gasteiger partial charge on any atom is 0.227 e. The van der Waals surface area contributed by atoms with Gasteiger partial charge < -0.3 is 15.4 Å². The molecule has 1 unspecified atom stereocenters. The first kappa shape index (κ1) is 11.9. The maximum atomic E-state index is 12.1. The lowest BCUT2D eigenvalue weighted by Crippen LogP contribution is -2.47. The Morgan fingerprint density at radius 2 is 2.29 bits per heavy atom. The summed E-state index contributed by atoms with van der Waals surface area (Å²) in [5, 5.41) is 0. The predicted molar refractivity (Wildman–Crippen MR) is 66.6 cm³/mol. The second-order valence-corrected chi connectivity index (χ2v) is 4.39. The van der Waals surface area contributed by atoms with E-state index in [1.54, 1.807) is 0 Å². The molecule has 1 amide bonds. The largest absolute Gasteiger partial charge is 0.398 e. The number of ether oxygens (including phenoxy) is 1. The third-order valence-corrected chi connectivity index (χ3v) is 3.08. The van der Waals surface area contributed by atoms with Crippen LogP contribution in [-0.2, 0) is 16.0 Å². The maximum absolute atomic E-state index is 12.1. The number of morpholine rings is 1. The topological polar surface area (TPSA) is 55.6 Å². The molecule has 92 valence electrons. The second kappa shape index (κ2) is 5.19. The zero-order valence-electron chi connectivity index (χ0n) is 10.1. The summed E-state index contributed by atoms with van der Waals surface area (Å²) >= 11 is 0. The Balaban J connectivity index is 2.03. The molecule has 4 nitrogen and oxygen atoms in total. The number of anilines is 1. The van der Waals surface area contributed by atoms with E-state index in [-0.39, 0.29) is 11.9 Å². The fourth-order valence-electron chi connectivity index (χ4n) is 2.06. The standard InChI is InChI=1S/C13H18N2O2/c1-10-9-17-7-6-15(10)13(16)8-11-4-2-3-5-12(11)14/h2-5,10H,6-9,14H2,1H3. The van der Waals surface area contributed by atoms with Crippen LogP contribution in [-0.4, -0.2) is 36.6 Å². The number of hydrogen-bond donors (Lipinski definition) is 1. The van der Waals surface area contributed by atoms with Crippen molar-refractivity contribution in [3.05, 3.63) is 29.8 Å². The summed E-state index contributed by atoms with van der Waals surface area (Å²) in [7, 11) is 0. The minimum atomic E-state index is 0.124. The Bertz CT molecular complexity index is 406. The Morgan fingerprint density at radius 3 is 3.00 bits per heavy atom. The average Bonchev–Trinajstić information content (AvgIpc) is 2.32. The number of amides is 1. The SMILES string of the molecule is CC1COCCN1C(=O)Cc1ccccc1N. The van der Waals surface area contributed by atoms with E-state index in [1.807, 2.05) is 36.1 Å². The highest BCUT2D eigenvalue weighted by Crippen LogP contribution is 2.14. The van der Waals surface area contributed by atoms with Crippen LogP contribution in [0.1, 0.15) is 12.5 Å². The molecular formula is C13H18N2O2. The molecule has 2 N–H and O–H groups in total. The number of rotatable bonds is 2. The van der Waals surface area contributed by atoms with Crippen LogP contribution in [0.2, 0.25) is 0 Å². The van der Waals surface area contributed by atoms with Crippen molar-refractivity contribution in [2.45, 2.75) is 19.4 Å². The molecule has 1 atom stereocenters. The van der Waals surface area contributed by atoms with E-state index in [9.17, 15) is 4.79 Å². The van der Waals surface area contributed by atoms with Gasteiger partial charge in [0.25, 0.3) is 0 Å². The lowest BCUT2D eigenvalue weighted by atomic mass is 10.1. The second-order valence-electron chi connectivity index (χ2n) is 4.39. The molecule has 1 aromatic carbocycles. The van der Waals surface area contributed by atoms with Crippen molar-refractivity contribution in [1.29, 1.82) is 0 Å². The van der Waals surface area contributed by atoms with E-state index in [1.165, 1.54) is 0 Å². The van der Waals surface area contributed by atoms with Crippen molar-refractivity contribution in [3.8, 4) is 0 Å². The highest BCUT2D eigenvalue weighted by molar-refractivity contribution is 5.80. The summed E-state index contributed by atoms with van der Waals surface area (Å²) in [5.41, 5.74) is 7.42. The predicted octanol–water partition coefficient (Wildman–Crippen LogP) is 1.06. The molecule has 0 bridgehead atoms.